The number of nitrogens with one attached hydrogen (secondary N) is 2. The lowest BCUT2D eigenvalue weighted by atomic mass is 9.81. The lowest BCUT2D eigenvalue weighted by Crippen LogP contribution is -2.41. The van der Waals surface area contributed by atoms with Crippen LogP contribution in [0.4, 0.5) is 11.4 Å². The van der Waals surface area contributed by atoms with Gasteiger partial charge in [-0.15, -0.1) is 11.3 Å². The highest BCUT2D eigenvalue weighted by Gasteiger charge is 2.33. The predicted octanol–water partition coefficient (Wildman–Crippen LogP) is 3.70. The number of nitrogens with two attached hydrogens (primary N) is 1. The van der Waals surface area contributed by atoms with Gasteiger partial charge in [-0.3, -0.25) is 9.59 Å². The molecule has 0 bridgehead atoms. The summed E-state index contributed by atoms with van der Waals surface area (Å²) in [5.74, 6) is -0.247. The van der Waals surface area contributed by atoms with Gasteiger partial charge in [0, 0.05) is 17.9 Å². The van der Waals surface area contributed by atoms with Gasteiger partial charge >= 0.3 is 0 Å². The normalized spacial score (nSPS) is 11.1. The highest BCUT2D eigenvalue weighted by atomic mass is 32.1. The molecule has 0 radical (unpaired) electrons. The van der Waals surface area contributed by atoms with E-state index in [9.17, 15) is 9.59 Å². The van der Waals surface area contributed by atoms with E-state index in [1.54, 1.807) is 30.3 Å². The van der Waals surface area contributed by atoms with Crippen molar-refractivity contribution >= 4 is 34.5 Å². The molecule has 1 aromatic heterocycles. The number of amides is 2. The van der Waals surface area contributed by atoms with Gasteiger partial charge in [0.25, 0.3) is 5.91 Å². The van der Waals surface area contributed by atoms with Crippen LogP contribution in [-0.4, -0.2) is 18.4 Å². The van der Waals surface area contributed by atoms with Crippen LogP contribution in [0, 0.1) is 5.41 Å². The summed E-state index contributed by atoms with van der Waals surface area (Å²) < 4.78 is 0. The Kier molecular flexibility index (Phi) is 6.11. The van der Waals surface area contributed by atoms with Crippen molar-refractivity contribution in [1.82, 2.24) is 0 Å². The highest BCUT2D eigenvalue weighted by Crippen LogP contribution is 2.27. The molecule has 128 valence electrons. The van der Waals surface area contributed by atoms with Gasteiger partial charge in [-0.05, 0) is 42.5 Å². The molecule has 0 saturated carbocycles. The van der Waals surface area contributed by atoms with Gasteiger partial charge in [-0.25, -0.2) is 0 Å². The van der Waals surface area contributed by atoms with E-state index in [4.69, 9.17) is 5.73 Å². The molecule has 6 heteroatoms. The molecule has 4 N–H and O–H groups in total. The van der Waals surface area contributed by atoms with Crippen LogP contribution in [0.3, 0.4) is 0 Å². The van der Waals surface area contributed by atoms with Crippen LogP contribution in [0.25, 0.3) is 0 Å². The fraction of sp³-hybridized carbons (Fsp3) is 0.333. The van der Waals surface area contributed by atoms with Crippen LogP contribution in [0.5, 0.6) is 0 Å². The molecule has 0 spiro atoms. The molecule has 2 amide bonds. The van der Waals surface area contributed by atoms with E-state index >= 15 is 0 Å². The van der Waals surface area contributed by atoms with Crippen molar-refractivity contribution in [2.45, 2.75) is 26.7 Å². The van der Waals surface area contributed by atoms with Gasteiger partial charge in [0.1, 0.15) is 0 Å². The molecule has 0 aliphatic carbocycles. The molecule has 0 atom stereocenters. The minimum Gasteiger partial charge on any atom is -0.329 e. The number of hydrogen-bond acceptors (Lipinski definition) is 4. The van der Waals surface area contributed by atoms with Crippen molar-refractivity contribution in [1.29, 1.82) is 0 Å². The average molecular weight is 345 g/mol. The molecule has 1 heterocycles. The van der Waals surface area contributed by atoms with Crippen molar-refractivity contribution in [3.63, 3.8) is 0 Å². The molecular weight excluding hydrogens is 322 g/mol. The van der Waals surface area contributed by atoms with Crippen LogP contribution < -0.4 is 16.4 Å². The summed E-state index contributed by atoms with van der Waals surface area (Å²) in [5, 5.41) is 7.61. The third-order valence-corrected chi connectivity index (χ3v) is 5.22. The number of carbonyl (C=O) groups is 2. The number of carbonyl (C=O) groups excluding carboxylic acids is 2. The Hall–Kier alpha value is -2.18. The lowest BCUT2D eigenvalue weighted by Gasteiger charge is -2.28. The first-order valence-electron chi connectivity index (χ1n) is 8.01. The Bertz CT molecular complexity index is 686. The van der Waals surface area contributed by atoms with Crippen molar-refractivity contribution in [3.8, 4) is 0 Å². The molecular formula is C18H23N3O2S. The zero-order valence-corrected chi connectivity index (χ0v) is 14.8. The van der Waals surface area contributed by atoms with E-state index in [2.05, 4.69) is 10.6 Å². The van der Waals surface area contributed by atoms with Crippen LogP contribution >= 0.6 is 11.3 Å². The highest BCUT2D eigenvalue weighted by molar-refractivity contribution is 7.12. The summed E-state index contributed by atoms with van der Waals surface area (Å²) in [4.78, 5) is 25.3. The largest absolute Gasteiger partial charge is 0.329 e. The Balaban J connectivity index is 2.10. The number of rotatable bonds is 7. The smallest absolute Gasteiger partial charge is 0.265 e. The second-order valence-electron chi connectivity index (χ2n) is 5.66. The summed E-state index contributed by atoms with van der Waals surface area (Å²) in [6.45, 7) is 4.24. The second-order valence-corrected chi connectivity index (χ2v) is 6.61. The Morgan fingerprint density at radius 3 is 2.29 bits per heavy atom. The molecule has 0 aliphatic rings. The van der Waals surface area contributed by atoms with Crippen molar-refractivity contribution in [3.05, 3.63) is 46.7 Å². The molecule has 5 nitrogen and oxygen atoms in total. The monoisotopic (exact) mass is 345 g/mol. The third-order valence-electron chi connectivity index (χ3n) is 4.35. The zero-order valence-electron chi connectivity index (χ0n) is 14.0. The van der Waals surface area contributed by atoms with Crippen molar-refractivity contribution in [2.24, 2.45) is 11.1 Å². The fourth-order valence-electron chi connectivity index (χ4n) is 2.49. The van der Waals surface area contributed by atoms with Gasteiger partial charge in [-0.2, -0.15) is 0 Å². The molecule has 2 rings (SSSR count). The molecule has 0 unspecified atom stereocenters. The summed E-state index contributed by atoms with van der Waals surface area (Å²) in [6.07, 6.45) is 1.36. The third kappa shape index (κ3) is 4.01. The van der Waals surface area contributed by atoms with E-state index < -0.39 is 5.41 Å². The van der Waals surface area contributed by atoms with Crippen molar-refractivity contribution < 1.29 is 9.59 Å². The standard InChI is InChI=1S/C18H23N3O2S/c1-3-18(4-2,12-19)17(23)21-14-8-5-7-13(11-14)20-16(22)15-9-6-10-24-15/h5-11H,3-4,12,19H2,1-2H3,(H,20,22)(H,21,23). The summed E-state index contributed by atoms with van der Waals surface area (Å²) in [6, 6.07) is 10.7. The molecule has 0 aliphatic heterocycles. The first kappa shape index (κ1) is 18.2. The number of anilines is 2. The van der Waals surface area contributed by atoms with E-state index in [0.717, 1.165) is 0 Å². The van der Waals surface area contributed by atoms with Gasteiger partial charge in [0.05, 0.1) is 10.3 Å². The van der Waals surface area contributed by atoms with Crippen LogP contribution in [0.15, 0.2) is 41.8 Å². The first-order chi connectivity index (χ1) is 11.5. The summed E-state index contributed by atoms with van der Waals surface area (Å²) in [7, 11) is 0. The minimum atomic E-state index is -0.559. The van der Waals surface area contributed by atoms with Gasteiger partial charge in [0.2, 0.25) is 5.91 Å². The maximum absolute atomic E-state index is 12.6. The number of thiophene rings is 1. The van der Waals surface area contributed by atoms with E-state index in [-0.39, 0.29) is 11.8 Å². The topological polar surface area (TPSA) is 84.2 Å². The zero-order chi connectivity index (χ0) is 17.6. The van der Waals surface area contributed by atoms with Crippen LogP contribution in [0.1, 0.15) is 36.4 Å². The molecule has 24 heavy (non-hydrogen) atoms. The van der Waals surface area contributed by atoms with E-state index in [1.807, 2.05) is 25.3 Å². The lowest BCUT2D eigenvalue weighted by molar-refractivity contribution is -0.125. The molecule has 0 fully saturated rings. The quantitative estimate of drug-likeness (QED) is 0.715. The second kappa shape index (κ2) is 8.08. The average Bonchev–Trinajstić information content (AvgIpc) is 3.12. The van der Waals surface area contributed by atoms with E-state index in [1.165, 1.54) is 11.3 Å². The SMILES string of the molecule is CCC(CC)(CN)C(=O)Nc1cccc(NC(=O)c2cccs2)c1. The molecule has 2 aromatic rings. The van der Waals surface area contributed by atoms with Crippen LogP contribution in [-0.2, 0) is 4.79 Å². The van der Waals surface area contributed by atoms with Gasteiger partial charge in [0.15, 0.2) is 0 Å². The molecule has 0 saturated heterocycles. The number of hydrogen-bond donors (Lipinski definition) is 3. The summed E-state index contributed by atoms with van der Waals surface area (Å²) in [5.41, 5.74) is 6.54. The predicted molar refractivity (Wildman–Crippen MR) is 99.4 cm³/mol. The first-order valence-corrected chi connectivity index (χ1v) is 8.89. The number of benzene rings is 1. The molecule has 1 aromatic carbocycles. The Morgan fingerprint density at radius 1 is 1.08 bits per heavy atom. The minimum absolute atomic E-state index is 0.0864. The maximum Gasteiger partial charge on any atom is 0.265 e. The van der Waals surface area contributed by atoms with Crippen LogP contribution in [0.2, 0.25) is 0 Å². The fourth-order valence-corrected chi connectivity index (χ4v) is 3.11. The van der Waals surface area contributed by atoms with Crippen molar-refractivity contribution in [2.75, 3.05) is 17.2 Å². The van der Waals surface area contributed by atoms with Gasteiger partial charge < -0.3 is 16.4 Å². The van der Waals surface area contributed by atoms with Gasteiger partial charge in [-0.1, -0.05) is 26.0 Å². The Morgan fingerprint density at radius 2 is 1.75 bits per heavy atom. The Labute approximate surface area is 146 Å². The maximum atomic E-state index is 12.6. The summed E-state index contributed by atoms with van der Waals surface area (Å²) >= 11 is 1.38. The van der Waals surface area contributed by atoms with E-state index in [0.29, 0.717) is 35.6 Å².